The number of aliphatic hydroxyl groups is 1. The average Bonchev–Trinajstić information content (AvgIpc) is 2.72. The number of hydrogen-bond acceptors (Lipinski definition) is 4. The molecule has 1 amide bonds. The molecular weight excluding hydrogens is 376 g/mol. The first-order chi connectivity index (χ1) is 13.9. The number of fused-ring (bicyclic) bond motifs is 2. The largest absolute Gasteiger partial charge is 0.374 e. The van der Waals surface area contributed by atoms with Gasteiger partial charge in [0.25, 0.3) is 0 Å². The van der Waals surface area contributed by atoms with Crippen LogP contribution in [0.2, 0.25) is 0 Å². The summed E-state index contributed by atoms with van der Waals surface area (Å²) in [4.78, 5) is 17.8. The Bertz CT molecular complexity index is 950. The summed E-state index contributed by atoms with van der Waals surface area (Å²) in [6, 6.07) is 2.50. The third kappa shape index (κ3) is 3.48. The zero-order chi connectivity index (χ0) is 20.7. The number of amides is 1. The molecule has 0 fully saturated rings. The molecule has 2 aromatic rings. The molecule has 0 saturated carbocycles. The van der Waals surface area contributed by atoms with E-state index >= 15 is 4.39 Å². The van der Waals surface area contributed by atoms with E-state index in [2.05, 4.69) is 10.3 Å². The van der Waals surface area contributed by atoms with E-state index in [4.69, 9.17) is 0 Å². The van der Waals surface area contributed by atoms with Crippen molar-refractivity contribution >= 4 is 11.6 Å². The number of aliphatic hydroxyl groups excluding tert-OH is 1. The number of anilines is 1. The highest BCUT2D eigenvalue weighted by molar-refractivity contribution is 5.77. The highest BCUT2D eigenvalue weighted by Gasteiger charge is 2.33. The number of hydrogen-bond donors (Lipinski definition) is 2. The molecule has 29 heavy (non-hydrogen) atoms. The van der Waals surface area contributed by atoms with Gasteiger partial charge in [0.15, 0.2) is 0 Å². The van der Waals surface area contributed by atoms with Crippen molar-refractivity contribution in [3.8, 4) is 11.1 Å². The highest BCUT2D eigenvalue weighted by atomic mass is 19.1. The van der Waals surface area contributed by atoms with Crippen LogP contribution in [0.4, 0.5) is 14.5 Å². The van der Waals surface area contributed by atoms with E-state index in [0.717, 1.165) is 11.1 Å². The van der Waals surface area contributed by atoms with Crippen LogP contribution in [0.25, 0.3) is 11.1 Å². The van der Waals surface area contributed by atoms with Crippen molar-refractivity contribution in [2.45, 2.75) is 57.5 Å². The van der Waals surface area contributed by atoms with Crippen LogP contribution in [-0.4, -0.2) is 35.4 Å². The van der Waals surface area contributed by atoms with Gasteiger partial charge in [-0.25, -0.2) is 8.78 Å². The molecule has 0 spiro atoms. The smallest absolute Gasteiger partial charge is 0.220 e. The number of aryl methyl sites for hydroxylation is 1. The number of alkyl halides is 1. The van der Waals surface area contributed by atoms with Crippen molar-refractivity contribution in [3.05, 3.63) is 47.0 Å². The second kappa shape index (κ2) is 7.71. The Morgan fingerprint density at radius 3 is 2.83 bits per heavy atom. The maximum Gasteiger partial charge on any atom is 0.220 e. The third-order valence-electron chi connectivity index (χ3n) is 6.05. The second-order valence-electron chi connectivity index (χ2n) is 7.80. The van der Waals surface area contributed by atoms with E-state index < -0.39 is 24.3 Å². The van der Waals surface area contributed by atoms with Crippen LogP contribution < -0.4 is 10.2 Å². The van der Waals surface area contributed by atoms with Crippen molar-refractivity contribution in [1.29, 1.82) is 0 Å². The van der Waals surface area contributed by atoms with E-state index in [-0.39, 0.29) is 18.7 Å². The highest BCUT2D eigenvalue weighted by Crippen LogP contribution is 2.40. The standard InChI is InChI=1S/C22H25F2N3O2/c1-3-20(28)26-22-16-11-25-10-15(13(16)5-6-17(22)23)14-8-12-4-7-21(29)27(2)19(12)9-18(14)24/h8-11,17,21-22,29H,3-7H2,1-2H3,(H,26,28). The van der Waals surface area contributed by atoms with Crippen LogP contribution in [0, 0.1) is 5.82 Å². The minimum Gasteiger partial charge on any atom is -0.374 e. The Balaban J connectivity index is 1.79. The molecule has 0 bridgehead atoms. The Hall–Kier alpha value is -2.54. The van der Waals surface area contributed by atoms with Gasteiger partial charge in [-0.3, -0.25) is 9.78 Å². The molecule has 4 rings (SSSR count). The number of benzene rings is 1. The Kier molecular flexibility index (Phi) is 5.25. The fourth-order valence-electron chi connectivity index (χ4n) is 4.35. The van der Waals surface area contributed by atoms with Crippen LogP contribution in [0.3, 0.4) is 0 Å². The number of nitrogens with one attached hydrogen (secondary N) is 1. The number of halogens is 2. The van der Waals surface area contributed by atoms with Crippen molar-refractivity contribution in [2.24, 2.45) is 0 Å². The Morgan fingerprint density at radius 1 is 1.28 bits per heavy atom. The summed E-state index contributed by atoms with van der Waals surface area (Å²) < 4.78 is 29.7. The van der Waals surface area contributed by atoms with Gasteiger partial charge in [-0.05, 0) is 54.5 Å². The van der Waals surface area contributed by atoms with Gasteiger partial charge in [0.05, 0.1) is 6.04 Å². The lowest BCUT2D eigenvalue weighted by molar-refractivity contribution is -0.122. The van der Waals surface area contributed by atoms with Crippen LogP contribution in [-0.2, 0) is 17.6 Å². The number of aromatic nitrogens is 1. The van der Waals surface area contributed by atoms with Crippen LogP contribution in [0.5, 0.6) is 0 Å². The topological polar surface area (TPSA) is 65.5 Å². The lowest BCUT2D eigenvalue weighted by atomic mass is 9.83. The van der Waals surface area contributed by atoms with Crippen molar-refractivity contribution < 1.29 is 18.7 Å². The summed E-state index contributed by atoms with van der Waals surface area (Å²) in [6.07, 6.45) is 3.59. The average molecular weight is 401 g/mol. The van der Waals surface area contributed by atoms with E-state index in [0.29, 0.717) is 41.6 Å². The zero-order valence-electron chi connectivity index (χ0n) is 16.6. The summed E-state index contributed by atoms with van der Waals surface area (Å²) in [7, 11) is 1.75. The molecule has 0 radical (unpaired) electrons. The third-order valence-corrected chi connectivity index (χ3v) is 6.05. The molecule has 7 heteroatoms. The minimum atomic E-state index is -1.20. The summed E-state index contributed by atoms with van der Waals surface area (Å²) in [5, 5.41) is 12.8. The van der Waals surface area contributed by atoms with Crippen molar-refractivity contribution in [3.63, 3.8) is 0 Å². The molecule has 3 unspecified atom stereocenters. The summed E-state index contributed by atoms with van der Waals surface area (Å²) >= 11 is 0. The van der Waals surface area contributed by atoms with Gasteiger partial charge >= 0.3 is 0 Å². The van der Waals surface area contributed by atoms with Gasteiger partial charge in [0, 0.05) is 42.7 Å². The Labute approximate surface area is 168 Å². The maximum atomic E-state index is 15.1. The van der Waals surface area contributed by atoms with Crippen molar-refractivity contribution in [2.75, 3.05) is 11.9 Å². The lowest BCUT2D eigenvalue weighted by Crippen LogP contribution is -2.37. The number of rotatable bonds is 3. The molecule has 1 aromatic heterocycles. The normalized spacial score (nSPS) is 23.3. The summed E-state index contributed by atoms with van der Waals surface area (Å²) in [5.74, 6) is -0.631. The zero-order valence-corrected chi connectivity index (χ0v) is 16.6. The molecular formula is C22H25F2N3O2. The number of nitrogens with zero attached hydrogens (tertiary/aromatic N) is 2. The summed E-state index contributed by atoms with van der Waals surface area (Å²) in [5.41, 5.74) is 4.16. The number of carbonyl (C=O) groups excluding carboxylic acids is 1. The van der Waals surface area contributed by atoms with Crippen LogP contribution >= 0.6 is 0 Å². The molecule has 1 aliphatic carbocycles. The molecule has 5 nitrogen and oxygen atoms in total. The van der Waals surface area contributed by atoms with Gasteiger partial charge in [0.1, 0.15) is 18.2 Å². The van der Waals surface area contributed by atoms with Gasteiger partial charge in [-0.1, -0.05) is 6.92 Å². The second-order valence-corrected chi connectivity index (χ2v) is 7.80. The van der Waals surface area contributed by atoms with Gasteiger partial charge < -0.3 is 15.3 Å². The first-order valence-corrected chi connectivity index (χ1v) is 10.0. The fraction of sp³-hybridized carbons (Fsp3) is 0.455. The molecule has 154 valence electrons. The van der Waals surface area contributed by atoms with Gasteiger partial charge in [-0.15, -0.1) is 0 Å². The quantitative estimate of drug-likeness (QED) is 0.827. The fourth-order valence-corrected chi connectivity index (χ4v) is 4.35. The predicted octanol–water partition coefficient (Wildman–Crippen LogP) is 3.44. The van der Waals surface area contributed by atoms with Crippen molar-refractivity contribution in [1.82, 2.24) is 10.3 Å². The lowest BCUT2D eigenvalue weighted by Gasteiger charge is -2.33. The van der Waals surface area contributed by atoms with E-state index in [1.807, 2.05) is 6.07 Å². The molecule has 1 aliphatic heterocycles. The van der Waals surface area contributed by atoms with E-state index in [9.17, 15) is 14.3 Å². The summed E-state index contributed by atoms with van der Waals surface area (Å²) in [6.45, 7) is 1.72. The van der Waals surface area contributed by atoms with Crippen LogP contribution in [0.1, 0.15) is 48.9 Å². The van der Waals surface area contributed by atoms with E-state index in [1.54, 1.807) is 31.3 Å². The van der Waals surface area contributed by atoms with Gasteiger partial charge in [0.2, 0.25) is 5.91 Å². The molecule has 3 atom stereocenters. The molecule has 1 aromatic carbocycles. The van der Waals surface area contributed by atoms with Gasteiger partial charge in [-0.2, -0.15) is 0 Å². The molecule has 2 aliphatic rings. The monoisotopic (exact) mass is 401 g/mol. The SMILES string of the molecule is CCC(=O)NC1c2cncc(-c3cc4c(cc3F)N(C)C(O)CC4)c2CCC1F. The number of carbonyl (C=O) groups is 1. The number of pyridine rings is 1. The van der Waals surface area contributed by atoms with Crippen LogP contribution in [0.15, 0.2) is 24.5 Å². The Morgan fingerprint density at radius 2 is 2.07 bits per heavy atom. The maximum absolute atomic E-state index is 15.1. The molecule has 2 heterocycles. The first kappa shape index (κ1) is 19.8. The first-order valence-electron chi connectivity index (χ1n) is 10.0. The van der Waals surface area contributed by atoms with E-state index in [1.165, 1.54) is 6.07 Å². The predicted molar refractivity (Wildman–Crippen MR) is 107 cm³/mol. The minimum absolute atomic E-state index is 0.225. The molecule has 2 N–H and O–H groups in total. The molecule has 0 saturated heterocycles.